The minimum absolute atomic E-state index is 0.0946. The molecule has 1 aliphatic heterocycles. The monoisotopic (exact) mass is 325 g/mol. The summed E-state index contributed by atoms with van der Waals surface area (Å²) < 4.78 is 15.1. The van der Waals surface area contributed by atoms with Crippen molar-refractivity contribution >= 4 is 11.6 Å². The van der Waals surface area contributed by atoms with E-state index in [1.807, 2.05) is 12.1 Å². The van der Waals surface area contributed by atoms with Gasteiger partial charge in [0.25, 0.3) is 0 Å². The number of phenols is 1. The molecular weight excluding hydrogens is 305 g/mol. The van der Waals surface area contributed by atoms with Crippen molar-refractivity contribution in [2.45, 2.75) is 31.4 Å². The molecule has 0 saturated heterocycles. The second-order valence-electron chi connectivity index (χ2n) is 6.88. The summed E-state index contributed by atoms with van der Waals surface area (Å²) in [7, 11) is 0. The van der Waals surface area contributed by atoms with Gasteiger partial charge in [0.2, 0.25) is 5.91 Å². The molecule has 1 aliphatic carbocycles. The Morgan fingerprint density at radius 3 is 2.71 bits per heavy atom. The van der Waals surface area contributed by atoms with E-state index in [4.69, 9.17) is 0 Å². The van der Waals surface area contributed by atoms with Crippen LogP contribution in [0.1, 0.15) is 36.8 Å². The predicted octanol–water partition coefficient (Wildman–Crippen LogP) is 4.12. The molecule has 1 amide bonds. The standard InChI is InChI=1S/C20H20FNO2/c1-13-10-11-22(18-15(13)8-5-9-17(18)23)19(24)16-12-20(16,21)14-6-3-2-4-7-14/h2-9,13,16,23H,10-12H2,1H3. The lowest BCUT2D eigenvalue weighted by Gasteiger charge is -2.33. The summed E-state index contributed by atoms with van der Waals surface area (Å²) in [4.78, 5) is 14.5. The minimum atomic E-state index is -1.58. The molecule has 3 atom stereocenters. The van der Waals surface area contributed by atoms with Gasteiger partial charge in [0, 0.05) is 13.0 Å². The SMILES string of the molecule is CC1CCN(C(=O)C2CC2(F)c2ccccc2)c2c(O)cccc21. The van der Waals surface area contributed by atoms with Crippen molar-refractivity contribution in [1.29, 1.82) is 0 Å². The van der Waals surface area contributed by atoms with Gasteiger partial charge in [-0.2, -0.15) is 0 Å². The number of fused-ring (bicyclic) bond motifs is 1. The van der Waals surface area contributed by atoms with E-state index >= 15 is 4.39 Å². The van der Waals surface area contributed by atoms with Crippen LogP contribution >= 0.6 is 0 Å². The third kappa shape index (κ3) is 2.20. The Labute approximate surface area is 140 Å². The summed E-state index contributed by atoms with van der Waals surface area (Å²) in [5.74, 6) is -0.520. The van der Waals surface area contributed by atoms with E-state index in [-0.39, 0.29) is 24.0 Å². The van der Waals surface area contributed by atoms with Crippen LogP contribution in [0.5, 0.6) is 5.75 Å². The average Bonchev–Trinajstić information content (AvgIpc) is 3.29. The van der Waals surface area contributed by atoms with Crippen LogP contribution in [0.2, 0.25) is 0 Å². The van der Waals surface area contributed by atoms with Crippen LogP contribution in [-0.4, -0.2) is 17.6 Å². The van der Waals surface area contributed by atoms with Crippen molar-refractivity contribution in [1.82, 2.24) is 0 Å². The Morgan fingerprint density at radius 1 is 1.21 bits per heavy atom. The van der Waals surface area contributed by atoms with Crippen molar-refractivity contribution in [3.63, 3.8) is 0 Å². The van der Waals surface area contributed by atoms with Crippen LogP contribution in [0.3, 0.4) is 0 Å². The highest BCUT2D eigenvalue weighted by Gasteiger charge is 2.62. The number of alkyl halides is 1. The van der Waals surface area contributed by atoms with E-state index < -0.39 is 11.6 Å². The fourth-order valence-corrected chi connectivity index (χ4v) is 3.79. The number of amides is 1. The minimum Gasteiger partial charge on any atom is -0.506 e. The zero-order chi connectivity index (χ0) is 16.9. The number of carbonyl (C=O) groups excluding carboxylic acids is 1. The van der Waals surface area contributed by atoms with E-state index in [0.717, 1.165) is 12.0 Å². The molecule has 3 unspecified atom stereocenters. The second-order valence-corrected chi connectivity index (χ2v) is 6.88. The van der Waals surface area contributed by atoms with E-state index in [9.17, 15) is 9.90 Å². The van der Waals surface area contributed by atoms with Crippen molar-refractivity contribution in [3.05, 3.63) is 59.7 Å². The highest BCUT2D eigenvalue weighted by atomic mass is 19.1. The van der Waals surface area contributed by atoms with E-state index in [1.165, 1.54) is 0 Å². The molecule has 2 aliphatic rings. The van der Waals surface area contributed by atoms with Crippen LogP contribution in [0.15, 0.2) is 48.5 Å². The van der Waals surface area contributed by atoms with Crippen molar-refractivity contribution in [2.75, 3.05) is 11.4 Å². The Bertz CT molecular complexity index is 791. The number of nitrogens with zero attached hydrogens (tertiary/aromatic N) is 1. The fraction of sp³-hybridized carbons (Fsp3) is 0.350. The second kappa shape index (κ2) is 5.33. The molecule has 24 heavy (non-hydrogen) atoms. The maximum atomic E-state index is 15.1. The molecule has 2 aromatic carbocycles. The summed E-state index contributed by atoms with van der Waals surface area (Å²) in [6.45, 7) is 2.60. The lowest BCUT2D eigenvalue weighted by molar-refractivity contribution is -0.120. The molecule has 124 valence electrons. The van der Waals surface area contributed by atoms with Crippen LogP contribution < -0.4 is 4.90 Å². The lowest BCUT2D eigenvalue weighted by Crippen LogP contribution is -2.38. The molecule has 1 fully saturated rings. The summed E-state index contributed by atoms with van der Waals surface area (Å²) in [5, 5.41) is 10.3. The molecular formula is C20H20FNO2. The molecule has 0 radical (unpaired) electrons. The first-order valence-corrected chi connectivity index (χ1v) is 8.40. The zero-order valence-corrected chi connectivity index (χ0v) is 13.6. The predicted molar refractivity (Wildman–Crippen MR) is 90.8 cm³/mol. The summed E-state index contributed by atoms with van der Waals surface area (Å²) in [5.41, 5.74) is 0.501. The first-order chi connectivity index (χ1) is 11.5. The highest BCUT2D eigenvalue weighted by molar-refractivity contribution is 6.00. The molecule has 1 heterocycles. The van der Waals surface area contributed by atoms with Gasteiger partial charge < -0.3 is 10.0 Å². The third-order valence-corrected chi connectivity index (χ3v) is 5.34. The van der Waals surface area contributed by atoms with Gasteiger partial charge in [-0.05, 0) is 29.5 Å². The molecule has 0 spiro atoms. The van der Waals surface area contributed by atoms with E-state index in [0.29, 0.717) is 17.8 Å². The van der Waals surface area contributed by atoms with E-state index in [2.05, 4.69) is 6.92 Å². The quantitative estimate of drug-likeness (QED) is 0.902. The maximum absolute atomic E-state index is 15.1. The van der Waals surface area contributed by atoms with Crippen molar-refractivity contribution < 1.29 is 14.3 Å². The topological polar surface area (TPSA) is 40.5 Å². The number of anilines is 1. The van der Waals surface area contributed by atoms with Gasteiger partial charge in [-0.15, -0.1) is 0 Å². The number of benzene rings is 2. The normalized spacial score (nSPS) is 28.3. The smallest absolute Gasteiger partial charge is 0.233 e. The summed E-state index contributed by atoms with van der Waals surface area (Å²) >= 11 is 0. The van der Waals surface area contributed by atoms with Gasteiger partial charge in [-0.3, -0.25) is 4.79 Å². The zero-order valence-electron chi connectivity index (χ0n) is 13.6. The first kappa shape index (κ1) is 15.2. The largest absolute Gasteiger partial charge is 0.506 e. The maximum Gasteiger partial charge on any atom is 0.233 e. The van der Waals surface area contributed by atoms with Gasteiger partial charge >= 0.3 is 0 Å². The van der Waals surface area contributed by atoms with Gasteiger partial charge in [-0.1, -0.05) is 49.4 Å². The number of aromatic hydroxyl groups is 1. The Kier molecular flexibility index (Phi) is 3.37. The van der Waals surface area contributed by atoms with E-state index in [1.54, 1.807) is 41.3 Å². The van der Waals surface area contributed by atoms with Gasteiger partial charge in [0.15, 0.2) is 0 Å². The lowest BCUT2D eigenvalue weighted by atomic mass is 9.90. The van der Waals surface area contributed by atoms with Crippen molar-refractivity contribution in [3.8, 4) is 5.75 Å². The average molecular weight is 325 g/mol. The number of halogens is 1. The molecule has 1 N–H and O–H groups in total. The molecule has 4 heteroatoms. The van der Waals surface area contributed by atoms with Crippen LogP contribution in [0.4, 0.5) is 10.1 Å². The number of phenolic OH excluding ortho intramolecular Hbond substituents is 1. The Balaban J connectivity index is 1.65. The van der Waals surface area contributed by atoms with Crippen LogP contribution in [0.25, 0.3) is 0 Å². The molecule has 2 aromatic rings. The Hall–Kier alpha value is -2.36. The first-order valence-electron chi connectivity index (χ1n) is 8.40. The van der Waals surface area contributed by atoms with Gasteiger partial charge in [0.05, 0.1) is 11.6 Å². The number of hydrogen-bond donors (Lipinski definition) is 1. The number of hydrogen-bond acceptors (Lipinski definition) is 2. The van der Waals surface area contributed by atoms with Crippen LogP contribution in [0, 0.1) is 5.92 Å². The molecule has 3 nitrogen and oxygen atoms in total. The number of para-hydroxylation sites is 1. The molecule has 0 aromatic heterocycles. The number of carbonyl (C=O) groups is 1. The summed E-state index contributed by atoms with van der Waals surface area (Å²) in [6, 6.07) is 14.2. The van der Waals surface area contributed by atoms with Gasteiger partial charge in [-0.25, -0.2) is 4.39 Å². The number of rotatable bonds is 2. The molecule has 1 saturated carbocycles. The Morgan fingerprint density at radius 2 is 1.96 bits per heavy atom. The summed E-state index contributed by atoms with van der Waals surface area (Å²) in [6.07, 6.45) is 1.03. The van der Waals surface area contributed by atoms with Crippen LogP contribution in [-0.2, 0) is 10.5 Å². The molecule has 0 bridgehead atoms. The molecule has 4 rings (SSSR count). The highest BCUT2D eigenvalue weighted by Crippen LogP contribution is 2.57. The van der Waals surface area contributed by atoms with Gasteiger partial charge in [0.1, 0.15) is 11.4 Å². The van der Waals surface area contributed by atoms with Crippen molar-refractivity contribution in [2.24, 2.45) is 5.92 Å². The third-order valence-electron chi connectivity index (χ3n) is 5.34. The fourth-order valence-electron chi connectivity index (χ4n) is 3.79.